The lowest BCUT2D eigenvalue weighted by molar-refractivity contribution is -0.113. The first-order valence-electron chi connectivity index (χ1n) is 11.7. The van der Waals surface area contributed by atoms with Crippen LogP contribution in [0.4, 0.5) is 11.6 Å². The molecule has 37 heavy (non-hydrogen) atoms. The number of allylic oxidation sites excluding steroid dienone is 1. The number of hydrogen-bond acceptors (Lipinski definition) is 6. The molecule has 2 N–H and O–H groups in total. The van der Waals surface area contributed by atoms with Crippen molar-refractivity contribution in [2.45, 2.75) is 26.5 Å². The number of aryl methyl sites for hydroxylation is 1. The van der Waals surface area contributed by atoms with Gasteiger partial charge < -0.3 is 20.1 Å². The van der Waals surface area contributed by atoms with Crippen molar-refractivity contribution < 1.29 is 14.3 Å². The molecule has 4 aromatic rings. The van der Waals surface area contributed by atoms with Gasteiger partial charge in [0.2, 0.25) is 5.95 Å². The molecule has 0 saturated heterocycles. The number of hydrogen-bond donors (Lipinski definition) is 2. The van der Waals surface area contributed by atoms with E-state index in [1.165, 1.54) is 11.9 Å². The normalized spacial score (nSPS) is 14.5. The zero-order valence-corrected chi connectivity index (χ0v) is 21.4. The fourth-order valence-corrected chi connectivity index (χ4v) is 4.37. The maximum atomic E-state index is 13.5. The smallest absolute Gasteiger partial charge is 0.255 e. The van der Waals surface area contributed by atoms with Gasteiger partial charge in [-0.3, -0.25) is 4.79 Å². The monoisotopic (exact) mass is 515 g/mol. The van der Waals surface area contributed by atoms with Crippen molar-refractivity contribution in [3.8, 4) is 11.5 Å². The lowest BCUT2D eigenvalue weighted by Gasteiger charge is -2.29. The van der Waals surface area contributed by atoms with Crippen LogP contribution < -0.4 is 20.1 Å². The molecule has 0 aliphatic carbocycles. The Labute approximate surface area is 219 Å². The lowest BCUT2D eigenvalue weighted by atomic mass is 9.94. The van der Waals surface area contributed by atoms with E-state index < -0.39 is 6.04 Å². The van der Waals surface area contributed by atoms with Gasteiger partial charge in [-0.15, -0.1) is 0 Å². The molecule has 1 aliphatic rings. The van der Waals surface area contributed by atoms with Crippen molar-refractivity contribution in [3.05, 3.63) is 106 Å². The molecule has 0 radical (unpaired) electrons. The number of methoxy groups -OCH3 is 1. The first-order valence-corrected chi connectivity index (χ1v) is 12.1. The van der Waals surface area contributed by atoms with Crippen molar-refractivity contribution in [3.63, 3.8) is 0 Å². The highest BCUT2D eigenvalue weighted by atomic mass is 35.5. The summed E-state index contributed by atoms with van der Waals surface area (Å²) >= 11 is 6.00. The predicted molar refractivity (Wildman–Crippen MR) is 143 cm³/mol. The van der Waals surface area contributed by atoms with E-state index in [0.717, 1.165) is 11.1 Å². The van der Waals surface area contributed by atoms with Crippen molar-refractivity contribution in [1.82, 2.24) is 14.8 Å². The van der Waals surface area contributed by atoms with E-state index in [4.69, 9.17) is 21.1 Å². The second-order valence-electron chi connectivity index (χ2n) is 8.74. The van der Waals surface area contributed by atoms with Gasteiger partial charge in [0.05, 0.1) is 12.7 Å². The highest BCUT2D eigenvalue weighted by Crippen LogP contribution is 2.39. The topological polar surface area (TPSA) is 90.3 Å². The highest BCUT2D eigenvalue weighted by molar-refractivity contribution is 6.30. The molecule has 0 spiro atoms. The number of aromatic nitrogens is 3. The standard InChI is InChI=1S/C28H26ClN5O3/c1-17-4-6-19(7-5-17)15-37-23-13-8-20(14-24(23)36-3)26-25(18(2)32-28-30-16-31-34(26)28)27(35)33-22-11-9-21(29)10-12-22/h4-14,16,26H,15H2,1-3H3,(H,33,35)(H,30,31,32). The van der Waals surface area contributed by atoms with E-state index in [0.29, 0.717) is 46.0 Å². The van der Waals surface area contributed by atoms with Gasteiger partial charge in [-0.2, -0.15) is 10.1 Å². The van der Waals surface area contributed by atoms with Gasteiger partial charge >= 0.3 is 0 Å². The number of carbonyl (C=O) groups excluding carboxylic acids is 1. The molecule has 1 atom stereocenters. The Morgan fingerprint density at radius 1 is 1.05 bits per heavy atom. The van der Waals surface area contributed by atoms with E-state index in [9.17, 15) is 4.79 Å². The Kier molecular flexibility index (Phi) is 6.83. The van der Waals surface area contributed by atoms with Gasteiger partial charge in [-0.05, 0) is 61.4 Å². The zero-order chi connectivity index (χ0) is 25.9. The van der Waals surface area contributed by atoms with E-state index >= 15 is 0 Å². The summed E-state index contributed by atoms with van der Waals surface area (Å²) in [6.07, 6.45) is 1.46. The fraction of sp³-hybridized carbons (Fsp3) is 0.179. The third-order valence-electron chi connectivity index (χ3n) is 6.16. The quantitative estimate of drug-likeness (QED) is 0.325. The summed E-state index contributed by atoms with van der Waals surface area (Å²) in [5.74, 6) is 1.44. The van der Waals surface area contributed by atoms with E-state index in [-0.39, 0.29) is 5.91 Å². The number of nitrogens with zero attached hydrogens (tertiary/aromatic N) is 3. The average Bonchev–Trinajstić information content (AvgIpc) is 3.37. The van der Waals surface area contributed by atoms with Crippen LogP contribution >= 0.6 is 11.6 Å². The molecule has 1 aromatic heterocycles. The Bertz CT molecular complexity index is 1460. The van der Waals surface area contributed by atoms with Crippen LogP contribution in [-0.4, -0.2) is 27.8 Å². The number of ether oxygens (including phenoxy) is 2. The molecule has 0 saturated carbocycles. The van der Waals surface area contributed by atoms with Gasteiger partial charge in [0, 0.05) is 16.4 Å². The molecule has 5 rings (SSSR count). The van der Waals surface area contributed by atoms with Gasteiger partial charge in [0.1, 0.15) is 19.0 Å². The first kappa shape index (κ1) is 24.4. The third kappa shape index (κ3) is 5.15. The molecule has 1 aliphatic heterocycles. The number of fused-ring (bicyclic) bond motifs is 1. The lowest BCUT2D eigenvalue weighted by Crippen LogP contribution is -2.31. The molecule has 0 fully saturated rings. The first-order chi connectivity index (χ1) is 17.9. The van der Waals surface area contributed by atoms with Crippen molar-refractivity contribution in [2.75, 3.05) is 17.7 Å². The van der Waals surface area contributed by atoms with Crippen LogP contribution in [0.1, 0.15) is 29.7 Å². The molecule has 188 valence electrons. The van der Waals surface area contributed by atoms with E-state index in [1.807, 2.05) is 44.2 Å². The van der Waals surface area contributed by atoms with Crippen molar-refractivity contribution in [1.29, 1.82) is 0 Å². The molecule has 2 heterocycles. The predicted octanol–water partition coefficient (Wildman–Crippen LogP) is 5.76. The summed E-state index contributed by atoms with van der Waals surface area (Å²) in [6, 6.07) is 20.2. The number of benzene rings is 3. The van der Waals surface area contributed by atoms with Crippen LogP contribution in [0.5, 0.6) is 11.5 Å². The Balaban J connectivity index is 1.46. The molecule has 0 bridgehead atoms. The molecular weight excluding hydrogens is 490 g/mol. The minimum atomic E-state index is -0.536. The molecule has 1 unspecified atom stereocenters. The van der Waals surface area contributed by atoms with Gasteiger partial charge in [-0.25, -0.2) is 4.68 Å². The maximum absolute atomic E-state index is 13.5. The van der Waals surface area contributed by atoms with Crippen molar-refractivity contribution >= 4 is 29.1 Å². The molecule has 3 aromatic carbocycles. The Hall–Kier alpha value is -4.30. The summed E-state index contributed by atoms with van der Waals surface area (Å²) in [5, 5.41) is 11.1. The number of nitrogens with one attached hydrogen (secondary N) is 2. The van der Waals surface area contributed by atoms with Crippen molar-refractivity contribution in [2.24, 2.45) is 0 Å². The van der Waals surface area contributed by atoms with Crippen LogP contribution in [-0.2, 0) is 11.4 Å². The van der Waals surface area contributed by atoms with Crippen LogP contribution in [0.15, 0.2) is 84.3 Å². The number of amides is 1. The van der Waals surface area contributed by atoms with Crippen LogP contribution in [0.2, 0.25) is 5.02 Å². The van der Waals surface area contributed by atoms with Gasteiger partial charge in [-0.1, -0.05) is 47.5 Å². The average molecular weight is 516 g/mol. The number of anilines is 2. The second kappa shape index (κ2) is 10.4. The summed E-state index contributed by atoms with van der Waals surface area (Å²) in [7, 11) is 1.59. The molecular formula is C28H26ClN5O3. The summed E-state index contributed by atoms with van der Waals surface area (Å²) in [6.45, 7) is 4.30. The minimum Gasteiger partial charge on any atom is -0.493 e. The van der Waals surface area contributed by atoms with Crippen LogP contribution in [0.3, 0.4) is 0 Å². The number of halogens is 1. The number of rotatable bonds is 7. The largest absolute Gasteiger partial charge is 0.493 e. The SMILES string of the molecule is COc1cc(C2C(C(=O)Nc3ccc(Cl)cc3)=C(C)Nc3ncnn32)ccc1OCc1ccc(C)cc1. The third-order valence-corrected chi connectivity index (χ3v) is 6.41. The molecule has 8 nitrogen and oxygen atoms in total. The minimum absolute atomic E-state index is 0.267. The Morgan fingerprint density at radius 3 is 2.54 bits per heavy atom. The molecule has 1 amide bonds. The highest BCUT2D eigenvalue weighted by Gasteiger charge is 2.34. The number of carbonyl (C=O) groups is 1. The summed E-state index contributed by atoms with van der Waals surface area (Å²) in [4.78, 5) is 17.8. The van der Waals surface area contributed by atoms with Crippen LogP contribution in [0.25, 0.3) is 0 Å². The van der Waals surface area contributed by atoms with Gasteiger partial charge in [0.15, 0.2) is 11.5 Å². The van der Waals surface area contributed by atoms with Crippen LogP contribution in [0, 0.1) is 6.92 Å². The Morgan fingerprint density at radius 2 is 1.81 bits per heavy atom. The molecule has 9 heteroatoms. The maximum Gasteiger partial charge on any atom is 0.255 e. The van der Waals surface area contributed by atoms with E-state index in [1.54, 1.807) is 36.1 Å². The van der Waals surface area contributed by atoms with Gasteiger partial charge in [0.25, 0.3) is 5.91 Å². The summed E-state index contributed by atoms with van der Waals surface area (Å²) < 4.78 is 13.4. The van der Waals surface area contributed by atoms with E-state index in [2.05, 4.69) is 32.8 Å². The second-order valence-corrected chi connectivity index (χ2v) is 9.18. The summed E-state index contributed by atoms with van der Waals surface area (Å²) in [5.41, 5.74) is 4.86. The fourth-order valence-electron chi connectivity index (χ4n) is 4.24. The zero-order valence-electron chi connectivity index (χ0n) is 20.7.